The molecule has 0 spiro atoms. The highest BCUT2D eigenvalue weighted by Crippen LogP contribution is 2.48. The molecule has 3 rings (SSSR count). The first-order valence-electron chi connectivity index (χ1n) is 5.81. The van der Waals surface area contributed by atoms with Gasteiger partial charge in [-0.3, -0.25) is 9.78 Å². The Hall–Kier alpha value is -1.28. The van der Waals surface area contributed by atoms with E-state index in [0.717, 1.165) is 8.95 Å². The molecule has 0 unspecified atom stereocenters. The van der Waals surface area contributed by atoms with E-state index < -0.39 is 5.41 Å². The number of ether oxygens (including phenoxy) is 1. The zero-order valence-electron chi connectivity index (χ0n) is 10.4. The van der Waals surface area contributed by atoms with Gasteiger partial charge in [-0.1, -0.05) is 5.16 Å². The number of carbonyl (C=O) groups excluding carboxylic acids is 1. The summed E-state index contributed by atoms with van der Waals surface area (Å²) >= 11 is 6.72. The van der Waals surface area contributed by atoms with E-state index in [4.69, 9.17) is 9.26 Å². The monoisotopic (exact) mass is 401 g/mol. The van der Waals surface area contributed by atoms with Crippen LogP contribution >= 0.6 is 31.9 Å². The van der Waals surface area contributed by atoms with Crippen LogP contribution in [0.1, 0.15) is 18.7 Å². The number of halogens is 2. The predicted octanol–water partition coefficient (Wildman–Crippen LogP) is 2.86. The number of methoxy groups -OCH3 is 1. The van der Waals surface area contributed by atoms with Crippen molar-refractivity contribution in [3.05, 3.63) is 27.1 Å². The summed E-state index contributed by atoms with van der Waals surface area (Å²) < 4.78 is 11.6. The molecule has 1 aliphatic rings. The molecular formula is C12H9Br2N3O3. The fourth-order valence-electron chi connectivity index (χ4n) is 1.92. The van der Waals surface area contributed by atoms with Crippen molar-refractivity contribution in [3.63, 3.8) is 0 Å². The normalized spacial score (nSPS) is 15.9. The van der Waals surface area contributed by atoms with Gasteiger partial charge < -0.3 is 9.26 Å². The van der Waals surface area contributed by atoms with E-state index in [2.05, 4.69) is 47.0 Å². The SMILES string of the molecule is COC(=O)C1(c2nc(-c3ncc(Br)cc3Br)no2)CC1. The molecule has 104 valence electrons. The number of hydrogen-bond donors (Lipinski definition) is 0. The number of rotatable bonds is 3. The van der Waals surface area contributed by atoms with Crippen LogP contribution in [0.25, 0.3) is 11.5 Å². The molecule has 2 aromatic heterocycles. The Morgan fingerprint density at radius 3 is 2.80 bits per heavy atom. The first-order chi connectivity index (χ1) is 9.56. The number of carbonyl (C=O) groups is 1. The number of esters is 1. The molecule has 0 amide bonds. The summed E-state index contributed by atoms with van der Waals surface area (Å²) in [4.78, 5) is 20.3. The second-order valence-corrected chi connectivity index (χ2v) is 6.25. The van der Waals surface area contributed by atoms with Crippen molar-refractivity contribution in [3.8, 4) is 11.5 Å². The molecule has 6 nitrogen and oxygen atoms in total. The Bertz CT molecular complexity index is 682. The quantitative estimate of drug-likeness (QED) is 0.734. The van der Waals surface area contributed by atoms with Crippen LogP contribution in [-0.2, 0) is 14.9 Å². The summed E-state index contributed by atoms with van der Waals surface area (Å²) in [5, 5.41) is 3.90. The van der Waals surface area contributed by atoms with Crippen molar-refractivity contribution in [1.82, 2.24) is 15.1 Å². The summed E-state index contributed by atoms with van der Waals surface area (Å²) in [6, 6.07) is 1.84. The van der Waals surface area contributed by atoms with E-state index in [-0.39, 0.29) is 11.9 Å². The fourth-order valence-corrected chi connectivity index (χ4v) is 3.08. The van der Waals surface area contributed by atoms with E-state index in [0.29, 0.717) is 24.4 Å². The highest BCUT2D eigenvalue weighted by molar-refractivity contribution is 9.11. The maximum Gasteiger partial charge on any atom is 0.321 e. The lowest BCUT2D eigenvalue weighted by Gasteiger charge is -2.05. The number of hydrogen-bond acceptors (Lipinski definition) is 6. The van der Waals surface area contributed by atoms with Crippen LogP contribution in [0.15, 0.2) is 25.7 Å². The zero-order valence-corrected chi connectivity index (χ0v) is 13.6. The average molecular weight is 403 g/mol. The first-order valence-corrected chi connectivity index (χ1v) is 7.39. The lowest BCUT2D eigenvalue weighted by molar-refractivity contribution is -0.144. The summed E-state index contributed by atoms with van der Waals surface area (Å²) in [5.41, 5.74) is -0.203. The predicted molar refractivity (Wildman–Crippen MR) is 75.9 cm³/mol. The van der Waals surface area contributed by atoms with E-state index in [1.807, 2.05) is 6.07 Å². The van der Waals surface area contributed by atoms with Crippen LogP contribution < -0.4 is 0 Å². The van der Waals surface area contributed by atoms with Gasteiger partial charge in [0.1, 0.15) is 11.1 Å². The van der Waals surface area contributed by atoms with E-state index in [1.54, 1.807) is 6.20 Å². The third-order valence-corrected chi connectivity index (χ3v) is 4.22. The molecule has 1 aliphatic carbocycles. The van der Waals surface area contributed by atoms with Crippen LogP contribution in [0.5, 0.6) is 0 Å². The van der Waals surface area contributed by atoms with Gasteiger partial charge in [0, 0.05) is 15.1 Å². The summed E-state index contributed by atoms with van der Waals surface area (Å²) in [6.45, 7) is 0. The van der Waals surface area contributed by atoms with E-state index in [1.165, 1.54) is 7.11 Å². The molecule has 0 saturated heterocycles. The smallest absolute Gasteiger partial charge is 0.321 e. The maximum absolute atomic E-state index is 11.8. The average Bonchev–Trinajstić information content (AvgIpc) is 3.10. The summed E-state index contributed by atoms with van der Waals surface area (Å²) in [7, 11) is 1.35. The lowest BCUT2D eigenvalue weighted by Crippen LogP contribution is -2.22. The Labute approximate surface area is 131 Å². The second kappa shape index (κ2) is 4.92. The molecule has 8 heteroatoms. The molecule has 2 heterocycles. The third-order valence-electron chi connectivity index (χ3n) is 3.18. The second-order valence-electron chi connectivity index (χ2n) is 4.48. The van der Waals surface area contributed by atoms with Gasteiger partial charge in [0.25, 0.3) is 0 Å². The molecule has 0 radical (unpaired) electrons. The molecule has 0 aromatic carbocycles. The highest BCUT2D eigenvalue weighted by atomic mass is 79.9. The zero-order chi connectivity index (χ0) is 14.3. The van der Waals surface area contributed by atoms with Gasteiger partial charge in [0.15, 0.2) is 0 Å². The molecule has 2 aromatic rings. The van der Waals surface area contributed by atoms with Crippen LogP contribution in [0.4, 0.5) is 0 Å². The molecule has 0 bridgehead atoms. The Balaban J connectivity index is 1.97. The van der Waals surface area contributed by atoms with Crippen LogP contribution in [0, 0.1) is 0 Å². The molecule has 0 aliphatic heterocycles. The minimum atomic E-state index is -0.762. The summed E-state index contributed by atoms with van der Waals surface area (Å²) in [5.74, 6) is 0.293. The lowest BCUT2D eigenvalue weighted by atomic mass is 10.1. The minimum Gasteiger partial charge on any atom is -0.468 e. The van der Waals surface area contributed by atoms with Crippen molar-refractivity contribution >= 4 is 37.8 Å². The summed E-state index contributed by atoms with van der Waals surface area (Å²) in [6.07, 6.45) is 2.97. The molecule has 1 saturated carbocycles. The number of aromatic nitrogens is 3. The molecule has 0 N–H and O–H groups in total. The largest absolute Gasteiger partial charge is 0.468 e. The highest BCUT2D eigenvalue weighted by Gasteiger charge is 2.57. The van der Waals surface area contributed by atoms with Crippen molar-refractivity contribution in [2.45, 2.75) is 18.3 Å². The van der Waals surface area contributed by atoms with Crippen molar-refractivity contribution < 1.29 is 14.1 Å². The van der Waals surface area contributed by atoms with E-state index in [9.17, 15) is 4.79 Å². The maximum atomic E-state index is 11.8. The number of nitrogens with zero attached hydrogens (tertiary/aromatic N) is 3. The molecule has 1 fully saturated rings. The van der Waals surface area contributed by atoms with E-state index >= 15 is 0 Å². The van der Waals surface area contributed by atoms with Gasteiger partial charge >= 0.3 is 5.97 Å². The topological polar surface area (TPSA) is 78.1 Å². The molecule has 20 heavy (non-hydrogen) atoms. The standard InChI is InChI=1S/C12H9Br2N3O3/c1-19-11(18)12(2-3-12)10-16-9(17-20-10)8-7(14)4-6(13)5-15-8/h4-5H,2-3H2,1H3. The van der Waals surface area contributed by atoms with Gasteiger partial charge in [0.05, 0.1) is 7.11 Å². The van der Waals surface area contributed by atoms with Crippen molar-refractivity contribution in [2.75, 3.05) is 7.11 Å². The molecule has 0 atom stereocenters. The first kappa shape index (κ1) is 13.7. The minimum absolute atomic E-state index is 0.288. The molecular weight excluding hydrogens is 394 g/mol. The van der Waals surface area contributed by atoms with Crippen molar-refractivity contribution in [2.24, 2.45) is 0 Å². The van der Waals surface area contributed by atoms with Crippen molar-refractivity contribution in [1.29, 1.82) is 0 Å². The fraction of sp³-hybridized carbons (Fsp3) is 0.333. The Morgan fingerprint density at radius 2 is 2.20 bits per heavy atom. The van der Waals surface area contributed by atoms with Gasteiger partial charge in [0.2, 0.25) is 11.7 Å². The number of pyridine rings is 1. The van der Waals surface area contributed by atoms with Gasteiger partial charge in [-0.2, -0.15) is 4.98 Å². The van der Waals surface area contributed by atoms with Crippen LogP contribution in [0.3, 0.4) is 0 Å². The van der Waals surface area contributed by atoms with Crippen LogP contribution in [-0.4, -0.2) is 28.2 Å². The third kappa shape index (κ3) is 2.16. The van der Waals surface area contributed by atoms with Gasteiger partial charge in [-0.05, 0) is 50.8 Å². The van der Waals surface area contributed by atoms with Gasteiger partial charge in [-0.25, -0.2) is 0 Å². The Morgan fingerprint density at radius 1 is 1.45 bits per heavy atom. The van der Waals surface area contributed by atoms with Gasteiger partial charge in [-0.15, -0.1) is 0 Å². The Kier molecular flexibility index (Phi) is 3.37. The van der Waals surface area contributed by atoms with Crippen LogP contribution in [0.2, 0.25) is 0 Å².